The van der Waals surface area contributed by atoms with Crippen LogP contribution in [0.25, 0.3) is 17.0 Å². The minimum absolute atomic E-state index is 0.00961. The first-order chi connectivity index (χ1) is 16.8. The van der Waals surface area contributed by atoms with Crippen LogP contribution in [-0.4, -0.2) is 64.3 Å². The standard InChI is InChI=1S/C26H29N5O4/c1-4-35-25(34)16-31-14-20-11-18(13-27-26(20)29-23(32)15-31)9-10-24(33)30(3)17(2)22-12-19-7-5-6-8-21(19)28-22/h5-13,17,28H,4,14-16H2,1-3H3,(H,27,29,32). The molecule has 2 aromatic heterocycles. The van der Waals surface area contributed by atoms with E-state index in [4.69, 9.17) is 4.74 Å². The first kappa shape index (κ1) is 24.2. The number of carbonyl (C=O) groups excluding carboxylic acids is 3. The van der Waals surface area contributed by atoms with Crippen molar-refractivity contribution in [2.45, 2.75) is 26.4 Å². The lowest BCUT2D eigenvalue weighted by atomic mass is 10.1. The van der Waals surface area contributed by atoms with Crippen LogP contribution in [0.3, 0.4) is 0 Å². The van der Waals surface area contributed by atoms with Crippen LogP contribution >= 0.6 is 0 Å². The summed E-state index contributed by atoms with van der Waals surface area (Å²) in [5.74, 6) is -0.324. The van der Waals surface area contributed by atoms with Crippen molar-refractivity contribution < 1.29 is 19.1 Å². The van der Waals surface area contributed by atoms with E-state index >= 15 is 0 Å². The number of esters is 1. The van der Waals surface area contributed by atoms with Crippen molar-refractivity contribution in [2.24, 2.45) is 0 Å². The molecule has 0 spiro atoms. The first-order valence-electron chi connectivity index (χ1n) is 11.5. The van der Waals surface area contributed by atoms with Gasteiger partial charge in [-0.25, -0.2) is 4.98 Å². The summed E-state index contributed by atoms with van der Waals surface area (Å²) in [6, 6.07) is 11.8. The number of anilines is 1. The number of likely N-dealkylation sites (N-methyl/N-ethyl adjacent to an activating group) is 1. The molecule has 4 rings (SSSR count). The molecule has 0 saturated carbocycles. The highest BCUT2D eigenvalue weighted by Crippen LogP contribution is 2.24. The number of pyridine rings is 1. The number of fused-ring (bicyclic) bond motifs is 2. The molecule has 3 aromatic rings. The summed E-state index contributed by atoms with van der Waals surface area (Å²) in [5.41, 5.74) is 3.47. The maximum atomic E-state index is 12.9. The van der Waals surface area contributed by atoms with Crippen molar-refractivity contribution in [1.82, 2.24) is 19.8 Å². The van der Waals surface area contributed by atoms with Crippen LogP contribution in [0.4, 0.5) is 5.82 Å². The quantitative estimate of drug-likeness (QED) is 0.402. The summed E-state index contributed by atoms with van der Waals surface area (Å²) in [6.45, 7) is 4.43. The monoisotopic (exact) mass is 475 g/mol. The number of nitrogens with one attached hydrogen (secondary N) is 2. The number of benzene rings is 1. The van der Waals surface area contributed by atoms with Crippen LogP contribution in [0, 0.1) is 0 Å². The zero-order valence-electron chi connectivity index (χ0n) is 20.1. The fourth-order valence-electron chi connectivity index (χ4n) is 4.03. The van der Waals surface area contributed by atoms with E-state index in [0.29, 0.717) is 12.4 Å². The van der Waals surface area contributed by atoms with Crippen LogP contribution in [0.1, 0.15) is 36.7 Å². The molecule has 1 aliphatic rings. The summed E-state index contributed by atoms with van der Waals surface area (Å²) in [4.78, 5) is 48.0. The van der Waals surface area contributed by atoms with Crippen molar-refractivity contribution in [3.63, 3.8) is 0 Å². The molecule has 0 aliphatic carbocycles. The normalized spacial score (nSPS) is 14.9. The second-order valence-electron chi connectivity index (χ2n) is 8.55. The molecule has 0 saturated heterocycles. The summed E-state index contributed by atoms with van der Waals surface area (Å²) in [7, 11) is 1.76. The van der Waals surface area contributed by atoms with Crippen molar-refractivity contribution in [3.8, 4) is 0 Å². The Labute approximate surface area is 203 Å². The van der Waals surface area contributed by atoms with Crippen LogP contribution in [0.2, 0.25) is 0 Å². The largest absolute Gasteiger partial charge is 0.465 e. The van der Waals surface area contributed by atoms with Crippen molar-refractivity contribution in [2.75, 3.05) is 32.1 Å². The van der Waals surface area contributed by atoms with E-state index in [0.717, 1.165) is 27.7 Å². The molecular formula is C26H29N5O4. The van der Waals surface area contributed by atoms with Crippen LogP contribution in [-0.2, 0) is 25.7 Å². The molecule has 35 heavy (non-hydrogen) atoms. The molecule has 1 aromatic carbocycles. The van der Waals surface area contributed by atoms with E-state index < -0.39 is 0 Å². The second kappa shape index (κ2) is 10.5. The van der Waals surface area contributed by atoms with Gasteiger partial charge in [-0.05, 0) is 49.1 Å². The van der Waals surface area contributed by atoms with Gasteiger partial charge < -0.3 is 19.9 Å². The van der Waals surface area contributed by atoms with Gasteiger partial charge >= 0.3 is 5.97 Å². The maximum absolute atomic E-state index is 12.9. The van der Waals surface area contributed by atoms with Gasteiger partial charge in [0, 0.05) is 42.6 Å². The zero-order chi connectivity index (χ0) is 24.9. The SMILES string of the molecule is CCOC(=O)CN1CC(=O)Nc2ncc(C=CC(=O)N(C)C(C)c3cc4ccccc4[nH]3)cc2C1. The smallest absolute Gasteiger partial charge is 0.320 e. The molecule has 9 nitrogen and oxygen atoms in total. The van der Waals surface area contributed by atoms with Gasteiger partial charge in [0.15, 0.2) is 0 Å². The Morgan fingerprint density at radius 1 is 1.26 bits per heavy atom. The maximum Gasteiger partial charge on any atom is 0.320 e. The molecule has 1 unspecified atom stereocenters. The van der Waals surface area contributed by atoms with Gasteiger partial charge in [-0.1, -0.05) is 18.2 Å². The molecule has 182 valence electrons. The molecule has 3 heterocycles. The summed E-state index contributed by atoms with van der Waals surface area (Å²) < 4.78 is 5.00. The Hall–Kier alpha value is -3.98. The number of aromatic amines is 1. The highest BCUT2D eigenvalue weighted by Gasteiger charge is 2.23. The van der Waals surface area contributed by atoms with Crippen molar-refractivity contribution in [1.29, 1.82) is 0 Å². The Balaban J connectivity index is 1.46. The molecule has 9 heteroatoms. The van der Waals surface area contributed by atoms with Crippen molar-refractivity contribution in [3.05, 3.63) is 65.5 Å². The number of H-pyrrole nitrogens is 1. The van der Waals surface area contributed by atoms with Gasteiger partial charge in [0.05, 0.1) is 25.7 Å². The minimum atomic E-state index is -0.384. The average Bonchev–Trinajstić information content (AvgIpc) is 3.20. The van der Waals surface area contributed by atoms with Crippen LogP contribution < -0.4 is 5.32 Å². The predicted octanol–water partition coefficient (Wildman–Crippen LogP) is 3.11. The van der Waals surface area contributed by atoms with Crippen molar-refractivity contribution >= 4 is 40.6 Å². The van der Waals surface area contributed by atoms with E-state index in [2.05, 4.69) is 21.4 Å². The Bertz CT molecular complexity index is 1250. The minimum Gasteiger partial charge on any atom is -0.465 e. The highest BCUT2D eigenvalue weighted by atomic mass is 16.5. The molecule has 1 atom stereocenters. The van der Waals surface area contributed by atoms with E-state index in [1.807, 2.05) is 37.3 Å². The predicted molar refractivity (Wildman–Crippen MR) is 133 cm³/mol. The van der Waals surface area contributed by atoms with E-state index in [1.54, 1.807) is 36.0 Å². The second-order valence-corrected chi connectivity index (χ2v) is 8.55. The molecule has 2 amide bonds. The molecule has 0 bridgehead atoms. The lowest BCUT2D eigenvalue weighted by Crippen LogP contribution is -2.35. The number of para-hydroxylation sites is 1. The van der Waals surface area contributed by atoms with E-state index in [1.165, 1.54) is 6.08 Å². The number of aromatic nitrogens is 2. The number of carbonyl (C=O) groups is 3. The molecule has 0 radical (unpaired) electrons. The summed E-state index contributed by atoms with van der Waals surface area (Å²) in [5, 5.41) is 3.87. The Morgan fingerprint density at radius 3 is 2.83 bits per heavy atom. The fraction of sp³-hybridized carbons (Fsp3) is 0.308. The Morgan fingerprint density at radius 2 is 2.06 bits per heavy atom. The van der Waals surface area contributed by atoms with E-state index in [-0.39, 0.29) is 43.5 Å². The van der Waals surface area contributed by atoms with Crippen LogP contribution in [0.15, 0.2) is 48.7 Å². The average molecular weight is 476 g/mol. The third-order valence-corrected chi connectivity index (χ3v) is 6.01. The molecular weight excluding hydrogens is 446 g/mol. The number of hydrogen-bond acceptors (Lipinski definition) is 6. The number of amides is 2. The third-order valence-electron chi connectivity index (χ3n) is 6.01. The summed E-state index contributed by atoms with van der Waals surface area (Å²) >= 11 is 0. The van der Waals surface area contributed by atoms with Gasteiger partial charge in [-0.3, -0.25) is 19.3 Å². The highest BCUT2D eigenvalue weighted by molar-refractivity contribution is 5.94. The summed E-state index contributed by atoms with van der Waals surface area (Å²) in [6.07, 6.45) is 4.81. The van der Waals surface area contributed by atoms with Gasteiger partial charge in [-0.15, -0.1) is 0 Å². The third kappa shape index (κ3) is 5.75. The molecule has 1 aliphatic heterocycles. The van der Waals surface area contributed by atoms with Gasteiger partial charge in [0.2, 0.25) is 11.8 Å². The number of nitrogens with zero attached hydrogens (tertiary/aromatic N) is 3. The number of ether oxygens (including phenoxy) is 1. The lowest BCUT2D eigenvalue weighted by molar-refractivity contribution is -0.144. The number of rotatable bonds is 7. The zero-order valence-corrected chi connectivity index (χ0v) is 20.1. The molecule has 0 fully saturated rings. The Kier molecular flexibility index (Phi) is 7.26. The van der Waals surface area contributed by atoms with Gasteiger partial charge in [-0.2, -0.15) is 0 Å². The lowest BCUT2D eigenvalue weighted by Gasteiger charge is -2.22. The first-order valence-corrected chi connectivity index (χ1v) is 11.5. The number of hydrogen-bond donors (Lipinski definition) is 2. The van der Waals surface area contributed by atoms with Gasteiger partial charge in [0.25, 0.3) is 0 Å². The van der Waals surface area contributed by atoms with E-state index in [9.17, 15) is 14.4 Å². The molecule has 2 N–H and O–H groups in total. The topological polar surface area (TPSA) is 108 Å². The van der Waals surface area contributed by atoms with Gasteiger partial charge in [0.1, 0.15) is 5.82 Å². The fourth-order valence-corrected chi connectivity index (χ4v) is 4.03. The van der Waals surface area contributed by atoms with Crippen LogP contribution in [0.5, 0.6) is 0 Å².